The van der Waals surface area contributed by atoms with E-state index < -0.39 is 0 Å². The van der Waals surface area contributed by atoms with Gasteiger partial charge >= 0.3 is 0 Å². The zero-order valence-electron chi connectivity index (χ0n) is 6.39. The summed E-state index contributed by atoms with van der Waals surface area (Å²) >= 11 is 1.70. The summed E-state index contributed by atoms with van der Waals surface area (Å²) in [4.78, 5) is 10.8. The summed E-state index contributed by atoms with van der Waals surface area (Å²) in [6.45, 7) is 2.38. The predicted molar refractivity (Wildman–Crippen MR) is 45.0 cm³/mol. The van der Waals surface area contributed by atoms with Crippen LogP contribution in [0, 0.1) is 0 Å². The van der Waals surface area contributed by atoms with Gasteiger partial charge in [-0.25, -0.2) is 0 Å². The average molecular weight is 162 g/mol. The molecule has 0 aromatic rings. The number of amides is 1. The van der Waals surface area contributed by atoms with E-state index in [9.17, 15) is 4.79 Å². The van der Waals surface area contributed by atoms with Crippen LogP contribution in [0.2, 0.25) is 0 Å². The van der Waals surface area contributed by atoms with E-state index in [0.717, 1.165) is 5.75 Å². The second-order valence-corrected chi connectivity index (χ2v) is 3.06. The molecular weight excluding hydrogens is 148 g/mol. The van der Waals surface area contributed by atoms with E-state index in [0.29, 0.717) is 6.54 Å². The quantitative estimate of drug-likeness (QED) is 0.563. The topological polar surface area (TPSA) is 55.1 Å². The first-order valence-corrected chi connectivity index (χ1v) is 4.60. The van der Waals surface area contributed by atoms with Crippen LogP contribution in [0.4, 0.5) is 0 Å². The molecule has 0 fully saturated rings. The summed E-state index contributed by atoms with van der Waals surface area (Å²) < 4.78 is 0. The van der Waals surface area contributed by atoms with E-state index in [-0.39, 0.29) is 11.9 Å². The van der Waals surface area contributed by atoms with Gasteiger partial charge in [0.1, 0.15) is 0 Å². The molecule has 1 atom stereocenters. The maximum absolute atomic E-state index is 10.8. The molecule has 0 spiro atoms. The Kier molecular flexibility index (Phi) is 5.43. The van der Waals surface area contributed by atoms with Crippen LogP contribution in [0.3, 0.4) is 0 Å². The van der Waals surface area contributed by atoms with Gasteiger partial charge in [-0.3, -0.25) is 4.79 Å². The number of carbonyl (C=O) groups is 1. The molecule has 0 aromatic carbocycles. The molecule has 0 aliphatic heterocycles. The van der Waals surface area contributed by atoms with Gasteiger partial charge in [-0.2, -0.15) is 11.8 Å². The second-order valence-electron chi connectivity index (χ2n) is 2.07. The number of nitrogens with one attached hydrogen (secondary N) is 1. The van der Waals surface area contributed by atoms with Gasteiger partial charge in [0.15, 0.2) is 0 Å². The van der Waals surface area contributed by atoms with Gasteiger partial charge in [-0.05, 0) is 13.2 Å². The summed E-state index contributed by atoms with van der Waals surface area (Å²) in [5.41, 5.74) is 5.30. The Morgan fingerprint density at radius 2 is 2.40 bits per heavy atom. The molecule has 0 rings (SSSR count). The van der Waals surface area contributed by atoms with Crippen molar-refractivity contribution in [2.75, 3.05) is 18.6 Å². The van der Waals surface area contributed by atoms with Crippen molar-refractivity contribution >= 4 is 17.7 Å². The van der Waals surface area contributed by atoms with Crippen molar-refractivity contribution in [1.29, 1.82) is 0 Å². The fourth-order valence-corrected chi connectivity index (χ4v) is 0.743. The molecule has 0 bridgehead atoms. The van der Waals surface area contributed by atoms with Crippen molar-refractivity contribution < 1.29 is 4.79 Å². The largest absolute Gasteiger partial charge is 0.354 e. The smallest absolute Gasteiger partial charge is 0.236 e. The maximum atomic E-state index is 10.8. The molecule has 4 heteroatoms. The molecule has 0 unspecified atom stereocenters. The highest BCUT2D eigenvalue weighted by Crippen LogP contribution is 1.87. The summed E-state index contributed by atoms with van der Waals surface area (Å²) in [7, 11) is 0. The van der Waals surface area contributed by atoms with Crippen molar-refractivity contribution in [2.24, 2.45) is 5.73 Å². The first kappa shape index (κ1) is 9.78. The lowest BCUT2D eigenvalue weighted by Crippen LogP contribution is -2.39. The molecule has 0 saturated carbocycles. The molecule has 3 nitrogen and oxygen atoms in total. The average Bonchev–Trinajstić information content (AvgIpc) is 1.88. The Labute approximate surface area is 65.7 Å². The molecule has 10 heavy (non-hydrogen) atoms. The zero-order chi connectivity index (χ0) is 7.98. The summed E-state index contributed by atoms with van der Waals surface area (Å²) in [5, 5.41) is 2.70. The minimum atomic E-state index is -0.387. The molecule has 1 amide bonds. The van der Waals surface area contributed by atoms with Crippen LogP contribution in [0.1, 0.15) is 6.92 Å². The monoisotopic (exact) mass is 162 g/mol. The molecule has 0 radical (unpaired) electrons. The van der Waals surface area contributed by atoms with Crippen molar-refractivity contribution in [2.45, 2.75) is 13.0 Å². The minimum Gasteiger partial charge on any atom is -0.354 e. The lowest BCUT2D eigenvalue weighted by Gasteiger charge is -2.05. The van der Waals surface area contributed by atoms with E-state index in [1.807, 2.05) is 6.26 Å². The summed E-state index contributed by atoms with van der Waals surface area (Å²) in [6, 6.07) is -0.387. The Bertz CT molecular complexity index is 106. The molecule has 0 saturated heterocycles. The molecular formula is C6H14N2OS. The Balaban J connectivity index is 3.22. The first-order valence-electron chi connectivity index (χ1n) is 3.20. The normalized spacial score (nSPS) is 12.7. The lowest BCUT2D eigenvalue weighted by molar-refractivity contribution is -0.121. The number of carbonyl (C=O) groups excluding carboxylic acids is 1. The minimum absolute atomic E-state index is 0.0750. The van der Waals surface area contributed by atoms with Crippen molar-refractivity contribution in [3.8, 4) is 0 Å². The summed E-state index contributed by atoms with van der Waals surface area (Å²) in [5.74, 6) is 0.868. The van der Waals surface area contributed by atoms with Crippen LogP contribution in [0.25, 0.3) is 0 Å². The second kappa shape index (κ2) is 5.56. The van der Waals surface area contributed by atoms with Crippen molar-refractivity contribution in [3.63, 3.8) is 0 Å². The Hall–Kier alpha value is -0.220. The van der Waals surface area contributed by atoms with Gasteiger partial charge in [0, 0.05) is 12.3 Å². The first-order chi connectivity index (χ1) is 4.68. The van der Waals surface area contributed by atoms with Crippen molar-refractivity contribution in [3.05, 3.63) is 0 Å². The van der Waals surface area contributed by atoms with Gasteiger partial charge in [0.05, 0.1) is 6.04 Å². The van der Waals surface area contributed by atoms with E-state index in [1.54, 1.807) is 18.7 Å². The van der Waals surface area contributed by atoms with Gasteiger partial charge in [0.2, 0.25) is 5.91 Å². The van der Waals surface area contributed by atoms with E-state index >= 15 is 0 Å². The fourth-order valence-electron chi connectivity index (χ4n) is 0.437. The number of rotatable bonds is 4. The van der Waals surface area contributed by atoms with Gasteiger partial charge < -0.3 is 11.1 Å². The number of nitrogens with two attached hydrogens (primary N) is 1. The summed E-state index contributed by atoms with van der Waals surface area (Å²) in [6.07, 6.45) is 2.00. The molecule has 60 valence electrons. The van der Waals surface area contributed by atoms with Gasteiger partial charge in [-0.15, -0.1) is 0 Å². The molecule has 0 heterocycles. The molecule has 0 aliphatic rings. The van der Waals surface area contributed by atoms with E-state index in [1.165, 1.54) is 0 Å². The van der Waals surface area contributed by atoms with Crippen LogP contribution in [0.5, 0.6) is 0 Å². The molecule has 0 aromatic heterocycles. The molecule has 3 N–H and O–H groups in total. The van der Waals surface area contributed by atoms with E-state index in [2.05, 4.69) is 5.32 Å². The standard InChI is InChI=1S/C6H14N2OS/c1-5(7)6(9)8-3-4-10-2/h5H,3-4,7H2,1-2H3,(H,8,9)/t5-/m1/s1. The highest BCUT2D eigenvalue weighted by molar-refractivity contribution is 7.98. The van der Waals surface area contributed by atoms with Crippen LogP contribution in [-0.2, 0) is 4.79 Å². The Morgan fingerprint density at radius 3 is 2.80 bits per heavy atom. The maximum Gasteiger partial charge on any atom is 0.236 e. The van der Waals surface area contributed by atoms with Crippen molar-refractivity contribution in [1.82, 2.24) is 5.32 Å². The number of hydrogen-bond acceptors (Lipinski definition) is 3. The highest BCUT2D eigenvalue weighted by Gasteiger charge is 2.04. The SMILES string of the molecule is CSCCNC(=O)[C@@H](C)N. The molecule has 0 aliphatic carbocycles. The van der Waals surface area contributed by atoms with Crippen LogP contribution in [-0.4, -0.2) is 30.5 Å². The zero-order valence-corrected chi connectivity index (χ0v) is 7.20. The highest BCUT2D eigenvalue weighted by atomic mass is 32.2. The van der Waals surface area contributed by atoms with Crippen LogP contribution >= 0.6 is 11.8 Å². The third-order valence-corrected chi connectivity index (χ3v) is 1.63. The van der Waals surface area contributed by atoms with Crippen LogP contribution in [0.15, 0.2) is 0 Å². The van der Waals surface area contributed by atoms with E-state index in [4.69, 9.17) is 5.73 Å². The fraction of sp³-hybridized carbons (Fsp3) is 0.833. The van der Waals surface area contributed by atoms with Gasteiger partial charge in [0.25, 0.3) is 0 Å². The third kappa shape index (κ3) is 4.64. The number of thioether (sulfide) groups is 1. The third-order valence-electron chi connectivity index (χ3n) is 1.02. The lowest BCUT2D eigenvalue weighted by atomic mass is 10.3. The number of hydrogen-bond donors (Lipinski definition) is 2. The predicted octanol–water partition coefficient (Wildman–Crippen LogP) is -0.187. The Morgan fingerprint density at radius 1 is 1.80 bits per heavy atom. The van der Waals surface area contributed by atoms with Crippen LogP contribution < -0.4 is 11.1 Å². The van der Waals surface area contributed by atoms with Gasteiger partial charge in [-0.1, -0.05) is 0 Å².